The molecular weight excluding hydrogens is 418 g/mol. The topological polar surface area (TPSA) is 64.0 Å². The van der Waals surface area contributed by atoms with Crippen LogP contribution in [0, 0.1) is 6.92 Å². The molecule has 30 heavy (non-hydrogen) atoms. The van der Waals surface area contributed by atoms with Crippen molar-refractivity contribution in [1.82, 2.24) is 9.55 Å². The summed E-state index contributed by atoms with van der Waals surface area (Å²) in [5, 5.41) is 4.50. The number of carbonyl (C=O) groups excluding carboxylic acids is 1. The normalized spacial score (nSPS) is 10.9. The van der Waals surface area contributed by atoms with Gasteiger partial charge in [-0.1, -0.05) is 53.7 Å². The summed E-state index contributed by atoms with van der Waals surface area (Å²) in [6.07, 6.45) is 0. The van der Waals surface area contributed by atoms with Crippen LogP contribution in [0.5, 0.6) is 0 Å². The lowest BCUT2D eigenvalue weighted by Gasteiger charge is -2.13. The molecule has 0 atom stereocenters. The number of carbonyl (C=O) groups is 1. The molecule has 1 N–H and O–H groups in total. The summed E-state index contributed by atoms with van der Waals surface area (Å²) in [7, 11) is 0. The van der Waals surface area contributed by atoms with Crippen LogP contribution in [0.2, 0.25) is 5.02 Å². The van der Waals surface area contributed by atoms with Crippen molar-refractivity contribution < 1.29 is 4.79 Å². The molecule has 4 aromatic rings. The Morgan fingerprint density at radius 3 is 2.57 bits per heavy atom. The molecule has 0 radical (unpaired) electrons. The minimum Gasteiger partial charge on any atom is -0.325 e. The smallest absolute Gasteiger partial charge is 0.266 e. The van der Waals surface area contributed by atoms with E-state index in [1.165, 1.54) is 11.8 Å². The minimum atomic E-state index is -0.191. The van der Waals surface area contributed by atoms with Crippen LogP contribution >= 0.6 is 23.4 Å². The van der Waals surface area contributed by atoms with Crippen molar-refractivity contribution in [2.24, 2.45) is 0 Å². The van der Waals surface area contributed by atoms with Gasteiger partial charge in [-0.15, -0.1) is 0 Å². The number of para-hydroxylation sites is 2. The van der Waals surface area contributed by atoms with Gasteiger partial charge in [-0.2, -0.15) is 0 Å². The number of fused-ring (bicyclic) bond motifs is 1. The molecule has 0 saturated carbocycles. The fourth-order valence-corrected chi connectivity index (χ4v) is 3.99. The third-order valence-electron chi connectivity index (χ3n) is 4.53. The number of benzene rings is 3. The van der Waals surface area contributed by atoms with E-state index in [-0.39, 0.29) is 17.2 Å². The molecule has 0 unspecified atom stereocenters. The number of nitrogens with one attached hydrogen (secondary N) is 1. The van der Waals surface area contributed by atoms with Gasteiger partial charge in [0.25, 0.3) is 5.56 Å². The second kappa shape index (κ2) is 8.73. The minimum absolute atomic E-state index is 0.110. The Morgan fingerprint density at radius 1 is 1.07 bits per heavy atom. The Balaban J connectivity index is 1.64. The molecule has 1 aromatic heterocycles. The van der Waals surface area contributed by atoms with Gasteiger partial charge in [0.15, 0.2) is 5.16 Å². The van der Waals surface area contributed by atoms with E-state index in [2.05, 4.69) is 10.3 Å². The van der Waals surface area contributed by atoms with Crippen LogP contribution < -0.4 is 10.9 Å². The van der Waals surface area contributed by atoms with Gasteiger partial charge in [0, 0.05) is 10.7 Å². The molecule has 0 aliphatic heterocycles. The summed E-state index contributed by atoms with van der Waals surface area (Å²) in [6.45, 7) is 1.88. The first-order valence-corrected chi connectivity index (χ1v) is 10.7. The van der Waals surface area contributed by atoms with Crippen molar-refractivity contribution in [1.29, 1.82) is 0 Å². The standard InChI is InChI=1S/C23H18ClN3O2S/c1-15-13-16(11-12-19(15)24)25-21(28)14-30-23-26-20-10-6-5-9-18(20)22(29)27(23)17-7-3-2-4-8-17/h2-13H,14H2,1H3,(H,25,28). The predicted molar refractivity (Wildman–Crippen MR) is 123 cm³/mol. The molecule has 3 aromatic carbocycles. The summed E-state index contributed by atoms with van der Waals surface area (Å²) in [4.78, 5) is 30.3. The lowest BCUT2D eigenvalue weighted by Crippen LogP contribution is -2.22. The van der Waals surface area contributed by atoms with E-state index in [9.17, 15) is 9.59 Å². The Kier molecular flexibility index (Phi) is 5.88. The molecular formula is C23H18ClN3O2S. The molecule has 5 nitrogen and oxygen atoms in total. The number of hydrogen-bond donors (Lipinski definition) is 1. The quantitative estimate of drug-likeness (QED) is 0.351. The largest absolute Gasteiger partial charge is 0.325 e. The molecule has 7 heteroatoms. The summed E-state index contributed by atoms with van der Waals surface area (Å²) >= 11 is 7.26. The Morgan fingerprint density at radius 2 is 1.80 bits per heavy atom. The first-order chi connectivity index (χ1) is 14.5. The molecule has 0 aliphatic carbocycles. The van der Waals surface area contributed by atoms with Crippen molar-refractivity contribution in [2.45, 2.75) is 12.1 Å². The van der Waals surface area contributed by atoms with Gasteiger partial charge in [-0.3, -0.25) is 14.2 Å². The van der Waals surface area contributed by atoms with E-state index in [1.807, 2.05) is 55.5 Å². The van der Waals surface area contributed by atoms with Gasteiger partial charge in [-0.05, 0) is 55.0 Å². The monoisotopic (exact) mass is 435 g/mol. The van der Waals surface area contributed by atoms with Gasteiger partial charge in [0.1, 0.15) is 0 Å². The molecule has 0 saturated heterocycles. The van der Waals surface area contributed by atoms with Crippen LogP contribution in [0.4, 0.5) is 5.69 Å². The Bertz CT molecular complexity index is 1290. The number of nitrogens with zero attached hydrogens (tertiary/aromatic N) is 2. The van der Waals surface area contributed by atoms with Crippen LogP contribution in [0.3, 0.4) is 0 Å². The summed E-state index contributed by atoms with van der Waals surface area (Å²) in [5.41, 5.74) is 2.71. The number of halogens is 1. The average molecular weight is 436 g/mol. The SMILES string of the molecule is Cc1cc(NC(=O)CSc2nc3ccccc3c(=O)n2-c2ccccc2)ccc1Cl. The van der Waals surface area contributed by atoms with Gasteiger partial charge < -0.3 is 5.32 Å². The third-order valence-corrected chi connectivity index (χ3v) is 5.90. The van der Waals surface area contributed by atoms with Crippen molar-refractivity contribution in [3.05, 3.63) is 93.7 Å². The number of hydrogen-bond acceptors (Lipinski definition) is 4. The van der Waals surface area contributed by atoms with Crippen LogP contribution in [0.1, 0.15) is 5.56 Å². The highest BCUT2D eigenvalue weighted by atomic mass is 35.5. The molecule has 0 bridgehead atoms. The molecule has 150 valence electrons. The number of anilines is 1. The van der Waals surface area contributed by atoms with E-state index < -0.39 is 0 Å². The van der Waals surface area contributed by atoms with E-state index in [1.54, 1.807) is 28.8 Å². The van der Waals surface area contributed by atoms with Crippen molar-refractivity contribution in [2.75, 3.05) is 11.1 Å². The van der Waals surface area contributed by atoms with E-state index in [4.69, 9.17) is 11.6 Å². The zero-order valence-electron chi connectivity index (χ0n) is 16.1. The number of rotatable bonds is 5. The highest BCUT2D eigenvalue weighted by molar-refractivity contribution is 7.99. The van der Waals surface area contributed by atoms with Crippen LogP contribution in [-0.4, -0.2) is 21.2 Å². The van der Waals surface area contributed by atoms with Gasteiger partial charge in [0.2, 0.25) is 5.91 Å². The van der Waals surface area contributed by atoms with Crippen LogP contribution in [0.15, 0.2) is 82.7 Å². The maximum atomic E-state index is 13.2. The molecule has 0 aliphatic rings. The molecule has 1 amide bonds. The molecule has 1 heterocycles. The van der Waals surface area contributed by atoms with E-state index in [0.717, 1.165) is 5.56 Å². The summed E-state index contributed by atoms with van der Waals surface area (Å²) in [5.74, 6) is -0.0806. The fraction of sp³-hybridized carbons (Fsp3) is 0.0870. The summed E-state index contributed by atoms with van der Waals surface area (Å²) in [6, 6.07) is 21.8. The zero-order chi connectivity index (χ0) is 21.1. The van der Waals surface area contributed by atoms with Crippen LogP contribution in [-0.2, 0) is 4.79 Å². The molecule has 4 rings (SSSR count). The first-order valence-electron chi connectivity index (χ1n) is 9.29. The van der Waals surface area contributed by atoms with Gasteiger partial charge in [-0.25, -0.2) is 4.98 Å². The zero-order valence-corrected chi connectivity index (χ0v) is 17.7. The lowest BCUT2D eigenvalue weighted by atomic mass is 10.2. The highest BCUT2D eigenvalue weighted by Crippen LogP contribution is 2.23. The predicted octanol–water partition coefficient (Wildman–Crippen LogP) is 5.08. The second-order valence-electron chi connectivity index (χ2n) is 6.69. The van der Waals surface area contributed by atoms with Gasteiger partial charge >= 0.3 is 0 Å². The third kappa shape index (κ3) is 4.25. The highest BCUT2D eigenvalue weighted by Gasteiger charge is 2.15. The Hall–Kier alpha value is -3.09. The van der Waals surface area contributed by atoms with Crippen molar-refractivity contribution >= 4 is 45.9 Å². The Labute approximate surface area is 182 Å². The number of aromatic nitrogens is 2. The fourth-order valence-electron chi connectivity index (χ4n) is 3.06. The maximum absolute atomic E-state index is 13.2. The van der Waals surface area contributed by atoms with Crippen molar-refractivity contribution in [3.63, 3.8) is 0 Å². The van der Waals surface area contributed by atoms with E-state index >= 15 is 0 Å². The second-order valence-corrected chi connectivity index (χ2v) is 8.04. The van der Waals surface area contributed by atoms with E-state index in [0.29, 0.717) is 32.5 Å². The molecule has 0 fully saturated rings. The van der Waals surface area contributed by atoms with Crippen molar-refractivity contribution in [3.8, 4) is 5.69 Å². The van der Waals surface area contributed by atoms with Gasteiger partial charge in [0.05, 0.1) is 22.3 Å². The number of amides is 1. The average Bonchev–Trinajstić information content (AvgIpc) is 2.75. The lowest BCUT2D eigenvalue weighted by molar-refractivity contribution is -0.113. The first kappa shape index (κ1) is 20.2. The number of thioether (sulfide) groups is 1. The molecule has 0 spiro atoms. The van der Waals surface area contributed by atoms with Crippen LogP contribution in [0.25, 0.3) is 16.6 Å². The summed E-state index contributed by atoms with van der Waals surface area (Å²) < 4.78 is 1.55. The number of aryl methyl sites for hydroxylation is 1. The maximum Gasteiger partial charge on any atom is 0.266 e.